The average molecular weight is 326 g/mol. The molecule has 0 bridgehead atoms. The number of rotatable bonds is 2. The van der Waals surface area contributed by atoms with Crippen LogP contribution in [0.5, 0.6) is 0 Å². The molecule has 0 saturated heterocycles. The van der Waals surface area contributed by atoms with Gasteiger partial charge in [-0.1, -0.05) is 30.3 Å². The van der Waals surface area contributed by atoms with Crippen LogP contribution in [0.4, 0.5) is 0 Å². The molecule has 3 aromatic rings. The van der Waals surface area contributed by atoms with E-state index >= 15 is 0 Å². The Labute approximate surface area is 136 Å². The van der Waals surface area contributed by atoms with Gasteiger partial charge in [0, 0.05) is 25.0 Å². The predicted octanol–water partition coefficient (Wildman–Crippen LogP) is 3.41. The molecule has 1 aliphatic rings. The van der Waals surface area contributed by atoms with E-state index in [1.165, 1.54) is 0 Å². The van der Waals surface area contributed by atoms with Crippen molar-refractivity contribution in [2.24, 2.45) is 0 Å². The Bertz CT molecular complexity index is 975. The van der Waals surface area contributed by atoms with Crippen LogP contribution in [0.3, 0.4) is 0 Å². The van der Waals surface area contributed by atoms with Crippen molar-refractivity contribution in [1.82, 2.24) is 8.87 Å². The lowest BCUT2D eigenvalue weighted by molar-refractivity contribution is 0.282. The average Bonchev–Trinajstić information content (AvgIpc) is 3.04. The summed E-state index contributed by atoms with van der Waals surface area (Å²) in [5.74, 6) is 0. The summed E-state index contributed by atoms with van der Waals surface area (Å²) in [5.41, 5.74) is 1.04. The minimum absolute atomic E-state index is 0.157. The van der Waals surface area contributed by atoms with Crippen molar-refractivity contribution in [3.8, 4) is 0 Å². The van der Waals surface area contributed by atoms with E-state index in [2.05, 4.69) is 4.57 Å². The quantitative estimate of drug-likeness (QED) is 0.724. The van der Waals surface area contributed by atoms with Crippen molar-refractivity contribution in [2.75, 3.05) is 6.54 Å². The highest BCUT2D eigenvalue weighted by molar-refractivity contribution is 7.89. The van der Waals surface area contributed by atoms with Crippen LogP contribution in [0.15, 0.2) is 65.7 Å². The third-order valence-corrected chi connectivity index (χ3v) is 6.58. The molecular formula is C18H18N2O2S. The summed E-state index contributed by atoms with van der Waals surface area (Å²) in [5, 5.41) is 1.99. The molecule has 0 unspecified atom stereocenters. The Kier molecular flexibility index (Phi) is 3.28. The summed E-state index contributed by atoms with van der Waals surface area (Å²) < 4.78 is 29.9. The van der Waals surface area contributed by atoms with Gasteiger partial charge in [-0.25, -0.2) is 8.42 Å². The van der Waals surface area contributed by atoms with Crippen LogP contribution >= 0.6 is 0 Å². The lowest BCUT2D eigenvalue weighted by atomic mass is 10.1. The maximum absolute atomic E-state index is 13.1. The van der Waals surface area contributed by atoms with E-state index in [0.717, 1.165) is 16.5 Å². The first-order chi connectivity index (χ1) is 11.1. The van der Waals surface area contributed by atoms with E-state index in [1.54, 1.807) is 16.4 Å². The zero-order valence-electron chi connectivity index (χ0n) is 12.9. The largest absolute Gasteiger partial charge is 0.349 e. The Hall–Kier alpha value is -2.11. The number of benzene rings is 2. The summed E-state index contributed by atoms with van der Waals surface area (Å²) in [7, 11) is -3.50. The van der Waals surface area contributed by atoms with Gasteiger partial charge >= 0.3 is 0 Å². The highest BCUT2D eigenvalue weighted by atomic mass is 32.2. The normalized spacial score (nSPS) is 18.9. The molecule has 0 spiro atoms. The second-order valence-corrected chi connectivity index (χ2v) is 7.82. The summed E-state index contributed by atoms with van der Waals surface area (Å²) in [4.78, 5) is 0.364. The maximum Gasteiger partial charge on any atom is 0.243 e. The van der Waals surface area contributed by atoms with Crippen molar-refractivity contribution in [2.45, 2.75) is 24.4 Å². The number of hydrogen-bond donors (Lipinski definition) is 0. The van der Waals surface area contributed by atoms with Gasteiger partial charge < -0.3 is 4.57 Å². The van der Waals surface area contributed by atoms with Gasteiger partial charge in [0.05, 0.1) is 10.9 Å². The molecule has 5 heteroatoms. The molecule has 4 rings (SSSR count). The zero-order chi connectivity index (χ0) is 16.0. The minimum Gasteiger partial charge on any atom is -0.349 e. The molecule has 4 nitrogen and oxygen atoms in total. The molecule has 0 aliphatic carbocycles. The first kappa shape index (κ1) is 14.5. The SMILES string of the molecule is C[C@H]1c2cccn2CCN1S(=O)(=O)c1ccc2ccccc2c1. The molecule has 0 radical (unpaired) electrons. The van der Waals surface area contributed by atoms with E-state index < -0.39 is 10.0 Å². The van der Waals surface area contributed by atoms with E-state index in [-0.39, 0.29) is 6.04 Å². The second-order valence-electron chi connectivity index (χ2n) is 5.93. The number of hydrogen-bond acceptors (Lipinski definition) is 2. The van der Waals surface area contributed by atoms with Gasteiger partial charge in [0.15, 0.2) is 0 Å². The van der Waals surface area contributed by atoms with E-state index in [1.807, 2.05) is 55.6 Å². The van der Waals surface area contributed by atoms with Crippen LogP contribution in [0.25, 0.3) is 10.8 Å². The van der Waals surface area contributed by atoms with Gasteiger partial charge in [0.2, 0.25) is 10.0 Å². The summed E-state index contributed by atoms with van der Waals surface area (Å²) in [6.45, 7) is 3.14. The van der Waals surface area contributed by atoms with Crippen molar-refractivity contribution >= 4 is 20.8 Å². The smallest absolute Gasteiger partial charge is 0.243 e. The molecule has 1 atom stereocenters. The van der Waals surface area contributed by atoms with E-state index in [0.29, 0.717) is 18.0 Å². The highest BCUT2D eigenvalue weighted by Gasteiger charge is 2.33. The molecule has 0 saturated carbocycles. The first-order valence-corrected chi connectivity index (χ1v) is 9.17. The standard InChI is InChI=1S/C18H18N2O2S/c1-14-18-7-4-10-19(18)11-12-20(14)23(21,22)17-9-8-15-5-2-3-6-16(15)13-17/h2-10,13-14H,11-12H2,1H3/t14-/m0/s1. The third kappa shape index (κ3) is 2.28. The highest BCUT2D eigenvalue weighted by Crippen LogP contribution is 2.31. The van der Waals surface area contributed by atoms with Crippen LogP contribution in [0.2, 0.25) is 0 Å². The summed E-state index contributed by atoms with van der Waals surface area (Å²) >= 11 is 0. The Morgan fingerprint density at radius 1 is 0.957 bits per heavy atom. The molecule has 0 N–H and O–H groups in total. The van der Waals surface area contributed by atoms with Gasteiger partial charge in [-0.3, -0.25) is 0 Å². The van der Waals surface area contributed by atoms with Gasteiger partial charge in [-0.15, -0.1) is 0 Å². The van der Waals surface area contributed by atoms with Crippen LogP contribution in [-0.4, -0.2) is 23.8 Å². The Balaban J connectivity index is 1.77. The molecule has 0 fully saturated rings. The molecule has 23 heavy (non-hydrogen) atoms. The molecule has 2 aromatic carbocycles. The molecule has 1 aromatic heterocycles. The van der Waals surface area contributed by atoms with Crippen molar-refractivity contribution in [3.63, 3.8) is 0 Å². The van der Waals surface area contributed by atoms with Crippen LogP contribution in [-0.2, 0) is 16.6 Å². The fourth-order valence-electron chi connectivity index (χ4n) is 3.35. The number of aromatic nitrogens is 1. The molecule has 118 valence electrons. The Morgan fingerprint density at radius 3 is 2.57 bits per heavy atom. The number of fused-ring (bicyclic) bond motifs is 2. The fourth-order valence-corrected chi connectivity index (χ4v) is 4.98. The lowest BCUT2D eigenvalue weighted by Gasteiger charge is -2.33. The topological polar surface area (TPSA) is 42.3 Å². The van der Waals surface area contributed by atoms with Gasteiger partial charge in [0.1, 0.15) is 0 Å². The van der Waals surface area contributed by atoms with Gasteiger partial charge in [0.25, 0.3) is 0 Å². The molecule has 1 aliphatic heterocycles. The second kappa shape index (κ2) is 5.22. The maximum atomic E-state index is 13.1. The molecule has 0 amide bonds. The molecule has 2 heterocycles. The fraction of sp³-hybridized carbons (Fsp3) is 0.222. The van der Waals surface area contributed by atoms with E-state index in [9.17, 15) is 8.42 Å². The molecular weight excluding hydrogens is 308 g/mol. The van der Waals surface area contributed by atoms with Crippen molar-refractivity contribution in [3.05, 3.63) is 66.5 Å². The monoisotopic (exact) mass is 326 g/mol. The van der Waals surface area contributed by atoms with Gasteiger partial charge in [-0.2, -0.15) is 4.31 Å². The van der Waals surface area contributed by atoms with Crippen molar-refractivity contribution in [1.29, 1.82) is 0 Å². The third-order valence-electron chi connectivity index (χ3n) is 4.61. The lowest BCUT2D eigenvalue weighted by Crippen LogP contribution is -2.40. The zero-order valence-corrected chi connectivity index (χ0v) is 13.7. The summed E-state index contributed by atoms with van der Waals surface area (Å²) in [6.07, 6.45) is 2.01. The van der Waals surface area contributed by atoms with Crippen LogP contribution in [0.1, 0.15) is 18.7 Å². The first-order valence-electron chi connectivity index (χ1n) is 7.73. The minimum atomic E-state index is -3.50. The van der Waals surface area contributed by atoms with Crippen molar-refractivity contribution < 1.29 is 8.42 Å². The van der Waals surface area contributed by atoms with E-state index in [4.69, 9.17) is 0 Å². The predicted molar refractivity (Wildman–Crippen MR) is 90.7 cm³/mol. The summed E-state index contributed by atoms with van der Waals surface area (Å²) in [6, 6.07) is 17.0. The number of sulfonamides is 1. The van der Waals surface area contributed by atoms with Crippen LogP contribution in [0, 0.1) is 0 Å². The van der Waals surface area contributed by atoms with Crippen LogP contribution < -0.4 is 0 Å². The van der Waals surface area contributed by atoms with Gasteiger partial charge in [-0.05, 0) is 42.0 Å². The Morgan fingerprint density at radius 2 is 1.74 bits per heavy atom. The number of nitrogens with zero attached hydrogens (tertiary/aromatic N) is 2.